The Labute approximate surface area is 80.8 Å². The van der Waals surface area contributed by atoms with Crippen LogP contribution in [0, 0.1) is 0 Å². The second-order valence-corrected chi connectivity index (χ2v) is 2.88. The Morgan fingerprint density at radius 3 is 2.07 bits per heavy atom. The lowest BCUT2D eigenvalue weighted by atomic mass is 10.1. The largest absolute Gasteiger partial charge is 0.476 e. The monoisotopic (exact) mass is 227 g/mol. The molecule has 1 aliphatic rings. The second kappa shape index (κ2) is 3.52. The van der Waals surface area contributed by atoms with E-state index >= 15 is 0 Å². The number of carboxylic acids is 1. The van der Waals surface area contributed by atoms with Crippen LogP contribution in [0.4, 0.5) is 17.6 Å². The van der Waals surface area contributed by atoms with Gasteiger partial charge < -0.3 is 10.0 Å². The third-order valence-corrected chi connectivity index (χ3v) is 1.79. The molecule has 0 aromatic carbocycles. The second-order valence-electron chi connectivity index (χ2n) is 2.88. The number of carbonyl (C=O) groups is 2. The predicted molar refractivity (Wildman–Crippen MR) is 38.4 cm³/mol. The molecule has 0 aromatic heterocycles. The van der Waals surface area contributed by atoms with E-state index < -0.39 is 37.0 Å². The van der Waals surface area contributed by atoms with Gasteiger partial charge in [0.25, 0.3) is 0 Å². The average molecular weight is 227 g/mol. The summed E-state index contributed by atoms with van der Waals surface area (Å²) < 4.78 is 47.9. The highest BCUT2D eigenvalue weighted by Crippen LogP contribution is 2.26. The maximum atomic E-state index is 12.6. The SMILES string of the molecule is O=C(O)C(F)=C1CN(C(=O)C(F)(F)F)C1. The molecule has 1 rings (SSSR count). The van der Waals surface area contributed by atoms with Crippen molar-refractivity contribution in [1.82, 2.24) is 4.90 Å². The van der Waals surface area contributed by atoms with E-state index in [1.165, 1.54) is 0 Å². The number of nitrogens with zero attached hydrogens (tertiary/aromatic N) is 1. The normalized spacial score (nSPS) is 16.0. The van der Waals surface area contributed by atoms with Crippen molar-refractivity contribution in [3.8, 4) is 0 Å². The molecule has 0 atom stereocenters. The van der Waals surface area contributed by atoms with Gasteiger partial charge in [-0.3, -0.25) is 4.79 Å². The van der Waals surface area contributed by atoms with Gasteiger partial charge in [-0.25, -0.2) is 4.79 Å². The maximum Gasteiger partial charge on any atom is 0.471 e. The van der Waals surface area contributed by atoms with Crippen LogP contribution < -0.4 is 0 Å². The van der Waals surface area contributed by atoms with Crippen LogP contribution in [-0.2, 0) is 9.59 Å². The van der Waals surface area contributed by atoms with E-state index in [-0.39, 0.29) is 5.57 Å². The van der Waals surface area contributed by atoms with Crippen molar-refractivity contribution < 1.29 is 32.3 Å². The minimum absolute atomic E-state index is 0.317. The van der Waals surface area contributed by atoms with E-state index in [0.29, 0.717) is 4.90 Å². The lowest BCUT2D eigenvalue weighted by Crippen LogP contribution is -2.50. The fourth-order valence-electron chi connectivity index (χ4n) is 1.03. The Balaban J connectivity index is 2.63. The summed E-state index contributed by atoms with van der Waals surface area (Å²) >= 11 is 0. The quantitative estimate of drug-likeness (QED) is 0.529. The van der Waals surface area contributed by atoms with Crippen LogP contribution in [0.25, 0.3) is 0 Å². The summed E-state index contributed by atoms with van der Waals surface area (Å²) in [5, 5.41) is 8.14. The van der Waals surface area contributed by atoms with E-state index in [0.717, 1.165) is 0 Å². The van der Waals surface area contributed by atoms with Crippen molar-refractivity contribution in [2.75, 3.05) is 13.1 Å². The molecular formula is C7H5F4NO3. The van der Waals surface area contributed by atoms with Crippen LogP contribution in [0.15, 0.2) is 11.4 Å². The molecule has 0 spiro atoms. The molecule has 8 heteroatoms. The standard InChI is InChI=1S/C7H5F4NO3/c8-4(5(13)14)3-1-12(2-3)6(15)7(9,10)11/h1-2H2,(H,13,14). The first-order chi connectivity index (χ1) is 6.73. The number of hydrogen-bond acceptors (Lipinski definition) is 2. The molecule has 1 N–H and O–H groups in total. The first-order valence-corrected chi connectivity index (χ1v) is 3.70. The minimum atomic E-state index is -5.01. The van der Waals surface area contributed by atoms with Crippen LogP contribution >= 0.6 is 0 Å². The van der Waals surface area contributed by atoms with Crippen molar-refractivity contribution in [2.24, 2.45) is 0 Å². The zero-order valence-electron chi connectivity index (χ0n) is 7.14. The molecule has 0 radical (unpaired) electrons. The molecule has 0 aromatic rings. The zero-order valence-corrected chi connectivity index (χ0v) is 7.14. The van der Waals surface area contributed by atoms with Crippen molar-refractivity contribution in [2.45, 2.75) is 6.18 Å². The topological polar surface area (TPSA) is 57.6 Å². The predicted octanol–water partition coefficient (Wildman–Crippen LogP) is 0.699. The third-order valence-electron chi connectivity index (χ3n) is 1.79. The molecule has 1 saturated heterocycles. The van der Waals surface area contributed by atoms with Gasteiger partial charge in [-0.15, -0.1) is 0 Å². The summed E-state index contributed by atoms with van der Waals surface area (Å²) in [5.74, 6) is -5.44. The van der Waals surface area contributed by atoms with Crippen molar-refractivity contribution in [3.63, 3.8) is 0 Å². The van der Waals surface area contributed by atoms with E-state index in [4.69, 9.17) is 5.11 Å². The Morgan fingerprint density at radius 2 is 1.73 bits per heavy atom. The van der Waals surface area contributed by atoms with Crippen molar-refractivity contribution in [3.05, 3.63) is 11.4 Å². The fraction of sp³-hybridized carbons (Fsp3) is 0.429. The van der Waals surface area contributed by atoms with Crippen LogP contribution in [0.1, 0.15) is 0 Å². The van der Waals surface area contributed by atoms with Gasteiger partial charge in [-0.1, -0.05) is 0 Å². The van der Waals surface area contributed by atoms with E-state index in [1.807, 2.05) is 0 Å². The Hall–Kier alpha value is -1.60. The Morgan fingerprint density at radius 1 is 1.27 bits per heavy atom. The molecule has 1 aliphatic heterocycles. The van der Waals surface area contributed by atoms with Crippen LogP contribution in [0.3, 0.4) is 0 Å². The van der Waals surface area contributed by atoms with E-state index in [9.17, 15) is 27.2 Å². The minimum Gasteiger partial charge on any atom is -0.476 e. The molecule has 0 bridgehead atoms. The molecule has 1 fully saturated rings. The lowest BCUT2D eigenvalue weighted by molar-refractivity contribution is -0.186. The molecular weight excluding hydrogens is 222 g/mol. The van der Waals surface area contributed by atoms with E-state index in [1.54, 1.807) is 0 Å². The molecule has 84 valence electrons. The number of rotatable bonds is 1. The fourth-order valence-corrected chi connectivity index (χ4v) is 1.03. The number of carbonyl (C=O) groups excluding carboxylic acids is 1. The van der Waals surface area contributed by atoms with Crippen molar-refractivity contribution >= 4 is 11.9 Å². The van der Waals surface area contributed by atoms with E-state index in [2.05, 4.69) is 0 Å². The number of halogens is 4. The van der Waals surface area contributed by atoms with Gasteiger partial charge in [0.1, 0.15) is 0 Å². The summed E-state index contributed by atoms with van der Waals surface area (Å²) in [7, 11) is 0. The maximum absolute atomic E-state index is 12.6. The number of hydrogen-bond donors (Lipinski definition) is 1. The van der Waals surface area contributed by atoms with Gasteiger partial charge in [-0.05, 0) is 0 Å². The molecule has 1 amide bonds. The molecule has 15 heavy (non-hydrogen) atoms. The van der Waals surface area contributed by atoms with Crippen LogP contribution in [0.2, 0.25) is 0 Å². The van der Waals surface area contributed by atoms with Gasteiger partial charge in [0.05, 0.1) is 0 Å². The summed E-state index contributed by atoms with van der Waals surface area (Å²) in [6.45, 7) is -1.26. The molecule has 0 aliphatic carbocycles. The summed E-state index contributed by atoms with van der Waals surface area (Å²) in [6.07, 6.45) is -5.01. The number of likely N-dealkylation sites (tertiary alicyclic amines) is 1. The highest BCUT2D eigenvalue weighted by molar-refractivity contribution is 5.88. The first kappa shape index (κ1) is 11.5. The molecule has 1 heterocycles. The molecule has 0 saturated carbocycles. The highest BCUT2D eigenvalue weighted by atomic mass is 19.4. The first-order valence-electron chi connectivity index (χ1n) is 3.70. The molecule has 0 unspecified atom stereocenters. The van der Waals surface area contributed by atoms with Gasteiger partial charge in [0.15, 0.2) is 0 Å². The van der Waals surface area contributed by atoms with Gasteiger partial charge >= 0.3 is 18.1 Å². The van der Waals surface area contributed by atoms with Crippen LogP contribution in [-0.4, -0.2) is 41.1 Å². The number of carboxylic acid groups (broad SMARTS) is 1. The average Bonchev–Trinajstić information content (AvgIpc) is 1.98. The van der Waals surface area contributed by atoms with Gasteiger partial charge in [0.2, 0.25) is 5.83 Å². The lowest BCUT2D eigenvalue weighted by Gasteiger charge is -2.34. The summed E-state index contributed by atoms with van der Waals surface area (Å²) in [6, 6.07) is 0. The third kappa shape index (κ3) is 2.25. The van der Waals surface area contributed by atoms with Crippen LogP contribution in [0.5, 0.6) is 0 Å². The smallest absolute Gasteiger partial charge is 0.471 e. The zero-order chi connectivity index (χ0) is 11.8. The Kier molecular flexibility index (Phi) is 2.69. The highest BCUT2D eigenvalue weighted by Gasteiger charge is 2.46. The van der Waals surface area contributed by atoms with Crippen molar-refractivity contribution in [1.29, 1.82) is 0 Å². The summed E-state index contributed by atoms with van der Waals surface area (Å²) in [5.41, 5.74) is -0.319. The summed E-state index contributed by atoms with van der Waals surface area (Å²) in [4.78, 5) is 20.9. The van der Waals surface area contributed by atoms with Gasteiger partial charge in [0, 0.05) is 18.7 Å². The van der Waals surface area contributed by atoms with Gasteiger partial charge in [-0.2, -0.15) is 17.6 Å². The molecule has 4 nitrogen and oxygen atoms in total. The number of alkyl halides is 3. The number of aliphatic carboxylic acids is 1. The Bertz CT molecular complexity index is 339. The number of amides is 1.